The van der Waals surface area contributed by atoms with E-state index in [0.29, 0.717) is 22.1 Å². The van der Waals surface area contributed by atoms with E-state index < -0.39 is 10.0 Å². The van der Waals surface area contributed by atoms with Crippen LogP contribution in [0.2, 0.25) is 5.02 Å². The number of hydrogen-bond acceptors (Lipinski definition) is 11. The molecule has 1 amide bonds. The first-order valence-corrected chi connectivity index (χ1v) is 15.2. The molecule has 0 aliphatic heterocycles. The largest absolute Gasteiger partial charge is 0.491 e. The summed E-state index contributed by atoms with van der Waals surface area (Å²) in [5.41, 5.74) is 2.80. The Morgan fingerprint density at radius 2 is 1.78 bits per heavy atom. The first-order chi connectivity index (χ1) is 21.5. The zero-order chi connectivity index (χ0) is 32.1. The van der Waals surface area contributed by atoms with Crippen LogP contribution in [0.3, 0.4) is 0 Å². The van der Waals surface area contributed by atoms with Gasteiger partial charge in [-0.1, -0.05) is 17.7 Å². The molecular formula is C29H28ClN9O5S. The predicted octanol–water partition coefficient (Wildman–Crippen LogP) is 5.50. The summed E-state index contributed by atoms with van der Waals surface area (Å²) < 4.78 is 41.0. The maximum Gasteiger partial charge on any atom is 0.272 e. The van der Waals surface area contributed by atoms with Crippen molar-refractivity contribution in [3.8, 4) is 23.0 Å². The number of carbonyl (C=O) groups is 1. The van der Waals surface area contributed by atoms with E-state index in [1.54, 1.807) is 24.3 Å². The van der Waals surface area contributed by atoms with Gasteiger partial charge in [-0.15, -0.1) is 20.4 Å². The number of hydrogen-bond donors (Lipinski definition) is 2. The highest BCUT2D eigenvalue weighted by atomic mass is 35.5. The minimum Gasteiger partial charge on any atom is -0.491 e. The van der Waals surface area contributed by atoms with Gasteiger partial charge in [-0.3, -0.25) is 4.79 Å². The zero-order valence-electron chi connectivity index (χ0n) is 24.6. The lowest BCUT2D eigenvalue weighted by Crippen LogP contribution is -2.23. The molecule has 2 N–H and O–H groups in total. The molecule has 0 radical (unpaired) electrons. The lowest BCUT2D eigenvalue weighted by molar-refractivity contribution is -0.114. The lowest BCUT2D eigenvalue weighted by atomic mass is 10.3. The fourth-order valence-electron chi connectivity index (χ4n) is 4.10. The Bertz CT molecular complexity index is 1950. The number of ether oxygens (including phenoxy) is 1. The first kappa shape index (κ1) is 31.3. The summed E-state index contributed by atoms with van der Waals surface area (Å²) in [6.45, 7) is 1.06. The van der Waals surface area contributed by atoms with Crippen LogP contribution in [0.5, 0.6) is 5.75 Å². The molecule has 232 valence electrons. The van der Waals surface area contributed by atoms with Gasteiger partial charge in [0.05, 0.1) is 29.9 Å². The number of nitrogens with one attached hydrogen (secondary N) is 2. The van der Waals surface area contributed by atoms with Crippen molar-refractivity contribution in [2.75, 3.05) is 31.4 Å². The molecule has 5 aromatic rings. The van der Waals surface area contributed by atoms with E-state index in [1.165, 1.54) is 43.0 Å². The Kier molecular flexibility index (Phi) is 9.22. The van der Waals surface area contributed by atoms with Crippen LogP contribution in [-0.2, 0) is 21.4 Å². The highest BCUT2D eigenvalue weighted by Gasteiger charge is 2.26. The van der Waals surface area contributed by atoms with E-state index in [0.717, 1.165) is 5.69 Å². The van der Waals surface area contributed by atoms with E-state index in [2.05, 4.69) is 35.6 Å². The summed E-state index contributed by atoms with van der Waals surface area (Å²) >= 11 is 6.26. The molecule has 16 heteroatoms. The average Bonchev–Trinajstić information content (AvgIpc) is 3.64. The van der Waals surface area contributed by atoms with Gasteiger partial charge in [0.15, 0.2) is 11.4 Å². The molecule has 0 spiro atoms. The number of anilines is 2. The molecule has 0 saturated heterocycles. The van der Waals surface area contributed by atoms with Gasteiger partial charge in [-0.05, 0) is 66.7 Å². The molecule has 2 aromatic heterocycles. The number of rotatable bonds is 11. The molecule has 5 rings (SSSR count). The van der Waals surface area contributed by atoms with Crippen LogP contribution in [0.25, 0.3) is 17.3 Å². The fourth-order valence-corrected chi connectivity index (χ4v) is 5.26. The Labute approximate surface area is 263 Å². The highest BCUT2D eigenvalue weighted by molar-refractivity contribution is 7.89. The van der Waals surface area contributed by atoms with Crippen molar-refractivity contribution in [2.45, 2.75) is 18.4 Å². The molecule has 0 fully saturated rings. The predicted molar refractivity (Wildman–Crippen MR) is 168 cm³/mol. The topological polar surface area (TPSA) is 169 Å². The maximum absolute atomic E-state index is 12.8. The molecule has 3 aromatic carbocycles. The summed E-state index contributed by atoms with van der Waals surface area (Å²) in [6.07, 6.45) is 0. The Morgan fingerprint density at radius 3 is 2.42 bits per heavy atom. The van der Waals surface area contributed by atoms with Crippen LogP contribution >= 0.6 is 11.6 Å². The van der Waals surface area contributed by atoms with Crippen molar-refractivity contribution < 1.29 is 22.4 Å². The molecule has 0 saturated carbocycles. The van der Waals surface area contributed by atoms with Crippen molar-refractivity contribution in [1.29, 1.82) is 0 Å². The van der Waals surface area contributed by atoms with Gasteiger partial charge in [0.1, 0.15) is 0 Å². The second-order valence-electron chi connectivity index (χ2n) is 9.74. The summed E-state index contributed by atoms with van der Waals surface area (Å²) in [5, 5.41) is 24.5. The van der Waals surface area contributed by atoms with Gasteiger partial charge in [-0.25, -0.2) is 17.8 Å². The third-order valence-electron chi connectivity index (χ3n) is 6.27. The summed E-state index contributed by atoms with van der Waals surface area (Å²) in [4.78, 5) is 13.2. The number of benzene rings is 3. The van der Waals surface area contributed by atoms with Gasteiger partial charge < -0.3 is 19.4 Å². The number of azo groups is 1. The fraction of sp³-hybridized carbons (Fsp3) is 0.172. The van der Waals surface area contributed by atoms with Crippen molar-refractivity contribution in [1.82, 2.24) is 24.7 Å². The number of nitrogens with zero attached hydrogens (tertiary/aromatic N) is 7. The molecule has 14 nitrogen and oxygen atoms in total. The van der Waals surface area contributed by atoms with Crippen LogP contribution in [0.15, 0.2) is 92.3 Å². The van der Waals surface area contributed by atoms with Crippen LogP contribution in [-0.4, -0.2) is 55.5 Å². The number of methoxy groups -OCH3 is 1. The molecule has 2 heterocycles. The van der Waals surface area contributed by atoms with E-state index in [9.17, 15) is 13.2 Å². The van der Waals surface area contributed by atoms with E-state index in [1.807, 2.05) is 43.3 Å². The Hall–Kier alpha value is -5.12. The second-order valence-corrected chi connectivity index (χ2v) is 11.9. The third-order valence-corrected chi connectivity index (χ3v) is 7.92. The first-order valence-electron chi connectivity index (χ1n) is 13.4. The molecule has 45 heavy (non-hydrogen) atoms. The second kappa shape index (κ2) is 13.3. The quantitative estimate of drug-likeness (QED) is 0.175. The van der Waals surface area contributed by atoms with Crippen LogP contribution in [0, 0.1) is 0 Å². The summed E-state index contributed by atoms with van der Waals surface area (Å²) in [7, 11) is 1.39. The standard InChI is InChI=1S/C29H28ClN9O5S/c1-18(40)32-20-10-14-24(15-11-20)45(41,42)31-17-25-34-36-29(44-25)26-27(43-4)28(39(37-26)23-7-5-6-19(30)16-23)35-33-21-8-12-22(13-9-21)38(2)3/h5-16,31H,17H2,1-4H3,(H,32,40). The average molecular weight is 650 g/mol. The van der Waals surface area contributed by atoms with Crippen LogP contribution < -0.4 is 19.7 Å². The van der Waals surface area contributed by atoms with Gasteiger partial charge in [0.25, 0.3) is 5.89 Å². The minimum absolute atomic E-state index is 0.00960. The minimum atomic E-state index is -3.93. The lowest BCUT2D eigenvalue weighted by Gasteiger charge is -2.11. The van der Waals surface area contributed by atoms with Crippen molar-refractivity contribution in [3.63, 3.8) is 0 Å². The highest BCUT2D eigenvalue weighted by Crippen LogP contribution is 2.40. The van der Waals surface area contributed by atoms with E-state index in [-0.39, 0.29) is 46.4 Å². The van der Waals surface area contributed by atoms with E-state index >= 15 is 0 Å². The molecule has 0 atom stereocenters. The van der Waals surface area contributed by atoms with Crippen LogP contribution in [0.1, 0.15) is 12.8 Å². The Balaban J connectivity index is 1.43. The molecular weight excluding hydrogens is 622 g/mol. The molecule has 0 aliphatic rings. The van der Waals surface area contributed by atoms with Crippen molar-refractivity contribution in [3.05, 3.63) is 83.7 Å². The van der Waals surface area contributed by atoms with Crippen molar-refractivity contribution >= 4 is 50.4 Å². The maximum atomic E-state index is 12.8. The Morgan fingerprint density at radius 1 is 1.04 bits per heavy atom. The number of amides is 1. The SMILES string of the molecule is COc1c(-c2nnc(CNS(=O)(=O)c3ccc(NC(C)=O)cc3)o2)nn(-c2cccc(Cl)c2)c1N=Nc1ccc(N(C)C)cc1. The van der Waals surface area contributed by atoms with E-state index in [4.69, 9.17) is 20.8 Å². The van der Waals surface area contributed by atoms with Gasteiger partial charge in [0.2, 0.25) is 27.6 Å². The molecule has 0 unspecified atom stereocenters. The van der Waals surface area contributed by atoms with Gasteiger partial charge >= 0.3 is 0 Å². The zero-order valence-corrected chi connectivity index (χ0v) is 26.2. The summed E-state index contributed by atoms with van der Waals surface area (Å²) in [5.74, 6) is 0.101. The molecule has 0 aliphatic carbocycles. The third kappa shape index (κ3) is 7.34. The monoisotopic (exact) mass is 649 g/mol. The van der Waals surface area contributed by atoms with Crippen molar-refractivity contribution in [2.24, 2.45) is 10.2 Å². The van der Waals surface area contributed by atoms with Crippen LogP contribution in [0.4, 0.5) is 22.9 Å². The number of aromatic nitrogens is 4. The molecule has 0 bridgehead atoms. The van der Waals surface area contributed by atoms with Gasteiger partial charge in [-0.2, -0.15) is 5.10 Å². The normalized spacial score (nSPS) is 11.6. The summed E-state index contributed by atoms with van der Waals surface area (Å²) in [6, 6.07) is 20.2. The number of sulfonamides is 1. The number of carbonyl (C=O) groups excluding carboxylic acids is 1. The number of halogens is 1. The van der Waals surface area contributed by atoms with Gasteiger partial charge in [0, 0.05) is 37.4 Å². The smallest absolute Gasteiger partial charge is 0.272 e.